The summed E-state index contributed by atoms with van der Waals surface area (Å²) in [6.45, 7) is -0.0757. The van der Waals surface area contributed by atoms with E-state index in [2.05, 4.69) is 5.32 Å². The van der Waals surface area contributed by atoms with Gasteiger partial charge in [0.15, 0.2) is 0 Å². The van der Waals surface area contributed by atoms with Crippen molar-refractivity contribution in [3.05, 3.63) is 65.4 Å². The Balaban J connectivity index is 1.88. The molecule has 1 fully saturated rings. The van der Waals surface area contributed by atoms with Gasteiger partial charge in [-0.2, -0.15) is 0 Å². The van der Waals surface area contributed by atoms with Crippen LogP contribution in [0.15, 0.2) is 52.7 Å². The number of halogens is 1. The molecule has 1 aliphatic heterocycles. The molecule has 0 atom stereocenters. The van der Waals surface area contributed by atoms with Crippen molar-refractivity contribution in [2.24, 2.45) is 0 Å². The smallest absolute Gasteiger partial charge is 0.331 e. The SMILES string of the molecule is O=C1NC(=O)N(Cc2ccc(F)cc2)C(=O)/C1=C/c1ccco1. The van der Waals surface area contributed by atoms with E-state index in [4.69, 9.17) is 4.42 Å². The molecule has 23 heavy (non-hydrogen) atoms. The Kier molecular flexibility index (Phi) is 3.76. The highest BCUT2D eigenvalue weighted by Gasteiger charge is 2.35. The summed E-state index contributed by atoms with van der Waals surface area (Å²) in [4.78, 5) is 37.0. The predicted octanol–water partition coefficient (Wildman–Crippen LogP) is 2.08. The van der Waals surface area contributed by atoms with Crippen LogP contribution in [0.25, 0.3) is 6.08 Å². The Morgan fingerprint density at radius 3 is 2.52 bits per heavy atom. The summed E-state index contributed by atoms with van der Waals surface area (Å²) in [5, 5.41) is 2.10. The normalized spacial score (nSPS) is 16.8. The Morgan fingerprint density at radius 1 is 1.13 bits per heavy atom. The van der Waals surface area contributed by atoms with Crippen LogP contribution in [0.4, 0.5) is 9.18 Å². The van der Waals surface area contributed by atoms with Crippen LogP contribution in [0.1, 0.15) is 11.3 Å². The topological polar surface area (TPSA) is 79.6 Å². The summed E-state index contributed by atoms with van der Waals surface area (Å²) in [5.41, 5.74) is 0.350. The minimum absolute atomic E-state index is 0.0757. The summed E-state index contributed by atoms with van der Waals surface area (Å²) < 4.78 is 18.0. The van der Waals surface area contributed by atoms with Gasteiger partial charge in [0.05, 0.1) is 12.8 Å². The lowest BCUT2D eigenvalue weighted by molar-refractivity contribution is -0.130. The number of nitrogens with zero attached hydrogens (tertiary/aromatic N) is 1. The van der Waals surface area contributed by atoms with Crippen LogP contribution in [0, 0.1) is 5.82 Å². The van der Waals surface area contributed by atoms with E-state index >= 15 is 0 Å². The first-order valence-electron chi connectivity index (χ1n) is 6.71. The van der Waals surface area contributed by atoms with Gasteiger partial charge in [-0.3, -0.25) is 19.8 Å². The van der Waals surface area contributed by atoms with Gasteiger partial charge in [0.1, 0.15) is 17.2 Å². The van der Waals surface area contributed by atoms with E-state index in [1.165, 1.54) is 36.6 Å². The number of benzene rings is 1. The van der Waals surface area contributed by atoms with Crippen LogP contribution >= 0.6 is 0 Å². The molecule has 2 heterocycles. The molecule has 3 rings (SSSR count). The quantitative estimate of drug-likeness (QED) is 0.695. The van der Waals surface area contributed by atoms with E-state index in [0.29, 0.717) is 11.3 Å². The van der Waals surface area contributed by atoms with Crippen molar-refractivity contribution in [2.75, 3.05) is 0 Å². The first-order valence-corrected chi connectivity index (χ1v) is 6.71. The van der Waals surface area contributed by atoms with Crippen molar-refractivity contribution in [1.29, 1.82) is 0 Å². The second-order valence-corrected chi connectivity index (χ2v) is 4.85. The molecule has 7 heteroatoms. The van der Waals surface area contributed by atoms with Crippen molar-refractivity contribution in [3.63, 3.8) is 0 Å². The van der Waals surface area contributed by atoms with E-state index in [1.807, 2.05) is 0 Å². The van der Waals surface area contributed by atoms with Gasteiger partial charge in [0.25, 0.3) is 11.8 Å². The number of rotatable bonds is 3. The van der Waals surface area contributed by atoms with Crippen LogP contribution in [0.5, 0.6) is 0 Å². The average Bonchev–Trinajstić information content (AvgIpc) is 3.03. The van der Waals surface area contributed by atoms with Crippen molar-refractivity contribution < 1.29 is 23.2 Å². The standard InChI is InChI=1S/C16H11FN2O4/c17-11-5-3-10(4-6-11)9-19-15(21)13(14(20)18-16(19)22)8-12-2-1-7-23-12/h1-8H,9H2,(H,18,20,22)/b13-8+. The van der Waals surface area contributed by atoms with Crippen LogP contribution in [-0.4, -0.2) is 22.7 Å². The predicted molar refractivity (Wildman–Crippen MR) is 77.2 cm³/mol. The van der Waals surface area contributed by atoms with Crippen molar-refractivity contribution in [3.8, 4) is 0 Å². The van der Waals surface area contributed by atoms with E-state index in [-0.39, 0.29) is 12.1 Å². The van der Waals surface area contributed by atoms with Gasteiger partial charge < -0.3 is 4.42 Å². The molecule has 2 aromatic rings. The van der Waals surface area contributed by atoms with Gasteiger partial charge in [-0.1, -0.05) is 12.1 Å². The summed E-state index contributed by atoms with van der Waals surface area (Å²) >= 11 is 0. The Labute approximate surface area is 130 Å². The third-order valence-electron chi connectivity index (χ3n) is 3.27. The molecule has 0 aliphatic carbocycles. The molecule has 1 N–H and O–H groups in total. The highest BCUT2D eigenvalue weighted by Crippen LogP contribution is 2.17. The minimum atomic E-state index is -0.819. The molecule has 1 aromatic heterocycles. The highest BCUT2D eigenvalue weighted by molar-refractivity contribution is 6.30. The van der Waals surface area contributed by atoms with Crippen molar-refractivity contribution in [1.82, 2.24) is 10.2 Å². The molecule has 0 saturated carbocycles. The molecule has 6 nitrogen and oxygen atoms in total. The molecule has 0 spiro atoms. The number of imide groups is 2. The van der Waals surface area contributed by atoms with Crippen molar-refractivity contribution in [2.45, 2.75) is 6.54 Å². The zero-order valence-electron chi connectivity index (χ0n) is 11.8. The van der Waals surface area contributed by atoms with E-state index < -0.39 is 23.7 Å². The average molecular weight is 314 g/mol. The van der Waals surface area contributed by atoms with Gasteiger partial charge in [-0.25, -0.2) is 9.18 Å². The molecule has 116 valence electrons. The zero-order chi connectivity index (χ0) is 16.4. The first kappa shape index (κ1) is 14.7. The number of carbonyl (C=O) groups excluding carboxylic acids is 3. The summed E-state index contributed by atoms with van der Waals surface area (Å²) in [6.07, 6.45) is 2.67. The maximum Gasteiger partial charge on any atom is 0.331 e. The van der Waals surface area contributed by atoms with Crippen LogP contribution in [-0.2, 0) is 16.1 Å². The largest absolute Gasteiger partial charge is 0.465 e. The number of amides is 4. The monoisotopic (exact) mass is 314 g/mol. The lowest BCUT2D eigenvalue weighted by atomic mass is 10.1. The molecular weight excluding hydrogens is 303 g/mol. The highest BCUT2D eigenvalue weighted by atomic mass is 19.1. The molecule has 0 bridgehead atoms. The number of urea groups is 1. The molecular formula is C16H11FN2O4. The fraction of sp³-hybridized carbons (Fsp3) is 0.0625. The first-order chi connectivity index (χ1) is 11.0. The summed E-state index contributed by atoms with van der Waals surface area (Å²) in [7, 11) is 0. The summed E-state index contributed by atoms with van der Waals surface area (Å²) in [5.74, 6) is -1.62. The van der Waals surface area contributed by atoms with Crippen LogP contribution < -0.4 is 5.32 Å². The fourth-order valence-corrected chi connectivity index (χ4v) is 2.13. The van der Waals surface area contributed by atoms with Gasteiger partial charge in [0, 0.05) is 0 Å². The Bertz CT molecular complexity index is 794. The number of carbonyl (C=O) groups is 3. The Hall–Kier alpha value is -3.22. The van der Waals surface area contributed by atoms with Crippen LogP contribution in [0.2, 0.25) is 0 Å². The number of nitrogens with one attached hydrogen (secondary N) is 1. The third kappa shape index (κ3) is 3.03. The molecule has 1 saturated heterocycles. The minimum Gasteiger partial charge on any atom is -0.465 e. The fourth-order valence-electron chi connectivity index (χ4n) is 2.13. The lowest BCUT2D eigenvalue weighted by Gasteiger charge is -2.26. The molecule has 1 aromatic carbocycles. The molecule has 1 aliphatic rings. The second kappa shape index (κ2) is 5.88. The van der Waals surface area contributed by atoms with Crippen LogP contribution in [0.3, 0.4) is 0 Å². The van der Waals surface area contributed by atoms with Gasteiger partial charge >= 0.3 is 6.03 Å². The van der Waals surface area contributed by atoms with Gasteiger partial charge in [-0.15, -0.1) is 0 Å². The van der Waals surface area contributed by atoms with E-state index in [9.17, 15) is 18.8 Å². The number of hydrogen-bond acceptors (Lipinski definition) is 4. The van der Waals surface area contributed by atoms with Crippen molar-refractivity contribution >= 4 is 23.9 Å². The lowest BCUT2D eigenvalue weighted by Crippen LogP contribution is -2.53. The number of furan rings is 1. The Morgan fingerprint density at radius 2 is 1.87 bits per heavy atom. The summed E-state index contributed by atoms with van der Waals surface area (Å²) in [6, 6.07) is 7.75. The molecule has 0 unspecified atom stereocenters. The third-order valence-corrected chi connectivity index (χ3v) is 3.27. The molecule has 4 amide bonds. The van der Waals surface area contributed by atoms with Gasteiger partial charge in [0.2, 0.25) is 0 Å². The van der Waals surface area contributed by atoms with E-state index in [1.54, 1.807) is 12.1 Å². The second-order valence-electron chi connectivity index (χ2n) is 4.85. The van der Waals surface area contributed by atoms with Gasteiger partial charge in [-0.05, 0) is 35.9 Å². The molecule has 0 radical (unpaired) electrons. The number of hydrogen-bond donors (Lipinski definition) is 1. The van der Waals surface area contributed by atoms with E-state index in [0.717, 1.165) is 4.90 Å². The maximum atomic E-state index is 12.9. The zero-order valence-corrected chi connectivity index (χ0v) is 11.8. The maximum absolute atomic E-state index is 12.9. The number of barbiturate groups is 1.